The van der Waals surface area contributed by atoms with Gasteiger partial charge in [-0.25, -0.2) is 0 Å². The molecule has 106 valence electrons. The van der Waals surface area contributed by atoms with E-state index in [-0.39, 0.29) is 0 Å². The fourth-order valence-electron chi connectivity index (χ4n) is 3.03. The van der Waals surface area contributed by atoms with Gasteiger partial charge in [-0.2, -0.15) is 0 Å². The molecule has 0 aromatic heterocycles. The van der Waals surface area contributed by atoms with Crippen LogP contribution in [-0.4, -0.2) is 0 Å². The summed E-state index contributed by atoms with van der Waals surface area (Å²) in [6, 6.07) is 13.2. The summed E-state index contributed by atoms with van der Waals surface area (Å²) in [6.07, 6.45) is 0. The summed E-state index contributed by atoms with van der Waals surface area (Å²) >= 11 is 0. The monoisotopic (exact) mass is 266 g/mol. The molecule has 0 saturated carbocycles. The molecule has 0 aliphatic heterocycles. The van der Waals surface area contributed by atoms with Crippen LogP contribution >= 0.6 is 0 Å². The second-order valence-electron chi connectivity index (χ2n) is 6.15. The van der Waals surface area contributed by atoms with E-state index < -0.39 is 0 Å². The Balaban J connectivity index is 2.42. The van der Waals surface area contributed by atoms with Crippen LogP contribution in [0.4, 0.5) is 0 Å². The molecule has 0 heteroatoms. The van der Waals surface area contributed by atoms with Gasteiger partial charge in [-0.1, -0.05) is 50.2 Å². The van der Waals surface area contributed by atoms with Gasteiger partial charge in [0.25, 0.3) is 0 Å². The molecule has 20 heavy (non-hydrogen) atoms. The molecule has 2 aromatic rings. The number of benzene rings is 2. The third-order valence-electron chi connectivity index (χ3n) is 5.09. The second-order valence-corrected chi connectivity index (χ2v) is 6.15. The molecule has 0 bridgehead atoms. The van der Waals surface area contributed by atoms with Gasteiger partial charge in [0, 0.05) is 0 Å². The molecule has 0 fully saturated rings. The van der Waals surface area contributed by atoms with Crippen molar-refractivity contribution in [2.75, 3.05) is 0 Å². The van der Waals surface area contributed by atoms with Crippen LogP contribution in [0.15, 0.2) is 36.4 Å². The molecular formula is C20H26. The van der Waals surface area contributed by atoms with Crippen LogP contribution in [0.1, 0.15) is 59.1 Å². The maximum atomic E-state index is 2.39. The van der Waals surface area contributed by atoms with E-state index in [0.29, 0.717) is 11.8 Å². The van der Waals surface area contributed by atoms with Gasteiger partial charge in [0.2, 0.25) is 0 Å². The van der Waals surface area contributed by atoms with E-state index >= 15 is 0 Å². The van der Waals surface area contributed by atoms with E-state index in [1.165, 1.54) is 33.4 Å². The predicted octanol–water partition coefficient (Wildman–Crippen LogP) is 5.83. The Kier molecular flexibility index (Phi) is 4.32. The molecule has 0 heterocycles. The van der Waals surface area contributed by atoms with Crippen LogP contribution in [0, 0.1) is 27.7 Å². The third kappa shape index (κ3) is 2.65. The number of rotatable bonds is 3. The minimum Gasteiger partial charge on any atom is -0.0622 e. The van der Waals surface area contributed by atoms with Crippen LogP contribution in [0.5, 0.6) is 0 Å². The van der Waals surface area contributed by atoms with Crippen molar-refractivity contribution in [1.82, 2.24) is 0 Å². The van der Waals surface area contributed by atoms with E-state index in [0.717, 1.165) is 0 Å². The van der Waals surface area contributed by atoms with Crippen molar-refractivity contribution in [2.24, 2.45) is 0 Å². The Morgan fingerprint density at radius 3 is 1.90 bits per heavy atom. The zero-order valence-electron chi connectivity index (χ0n) is 13.6. The third-order valence-corrected chi connectivity index (χ3v) is 5.09. The van der Waals surface area contributed by atoms with E-state index in [1.54, 1.807) is 0 Å². The van der Waals surface area contributed by atoms with Gasteiger partial charge in [-0.15, -0.1) is 0 Å². The van der Waals surface area contributed by atoms with E-state index in [9.17, 15) is 0 Å². The van der Waals surface area contributed by atoms with Gasteiger partial charge < -0.3 is 0 Å². The fourth-order valence-corrected chi connectivity index (χ4v) is 3.03. The smallest absolute Gasteiger partial charge is 0.0121 e. The van der Waals surface area contributed by atoms with E-state index in [2.05, 4.69) is 77.9 Å². The predicted molar refractivity (Wildman–Crippen MR) is 88.7 cm³/mol. The fraction of sp³-hybridized carbons (Fsp3) is 0.400. The first-order valence-electron chi connectivity index (χ1n) is 7.55. The Bertz CT molecular complexity index is 593. The second kappa shape index (κ2) is 5.83. The molecule has 0 saturated heterocycles. The van der Waals surface area contributed by atoms with Crippen molar-refractivity contribution in [1.29, 1.82) is 0 Å². The summed E-state index contributed by atoms with van der Waals surface area (Å²) in [5.74, 6) is 1.08. The number of aryl methyl sites for hydroxylation is 1. The Morgan fingerprint density at radius 1 is 0.700 bits per heavy atom. The SMILES string of the molecule is Cc1cc(C(C)C(C)c2ccccc2)c(C)c(C)c1C. The summed E-state index contributed by atoms with van der Waals surface area (Å²) in [4.78, 5) is 0. The standard InChI is InChI=1S/C20H26/c1-13-12-20(17(5)15(3)14(13)2)18(6)16(4)19-10-8-7-9-11-19/h7-12,16,18H,1-6H3. The molecule has 2 aromatic carbocycles. The van der Waals surface area contributed by atoms with Gasteiger partial charge >= 0.3 is 0 Å². The highest BCUT2D eigenvalue weighted by Crippen LogP contribution is 2.36. The molecule has 0 aliphatic rings. The molecule has 2 rings (SSSR count). The van der Waals surface area contributed by atoms with Gasteiger partial charge in [-0.3, -0.25) is 0 Å². The zero-order valence-corrected chi connectivity index (χ0v) is 13.6. The van der Waals surface area contributed by atoms with Gasteiger partial charge in [0.1, 0.15) is 0 Å². The lowest BCUT2D eigenvalue weighted by atomic mass is 9.80. The highest BCUT2D eigenvalue weighted by atomic mass is 14.2. The van der Waals surface area contributed by atoms with Crippen LogP contribution in [-0.2, 0) is 0 Å². The Morgan fingerprint density at radius 2 is 1.30 bits per heavy atom. The molecule has 0 spiro atoms. The molecule has 0 aliphatic carbocycles. The van der Waals surface area contributed by atoms with E-state index in [1.807, 2.05) is 0 Å². The normalized spacial score (nSPS) is 14.1. The van der Waals surface area contributed by atoms with Crippen molar-refractivity contribution >= 4 is 0 Å². The molecule has 0 amide bonds. The highest BCUT2D eigenvalue weighted by Gasteiger charge is 2.19. The first-order valence-corrected chi connectivity index (χ1v) is 7.55. The maximum absolute atomic E-state index is 2.39. The van der Waals surface area contributed by atoms with Crippen LogP contribution in [0.2, 0.25) is 0 Å². The maximum Gasteiger partial charge on any atom is -0.0121 e. The molecule has 2 atom stereocenters. The summed E-state index contributed by atoms with van der Waals surface area (Å²) < 4.78 is 0. The minimum atomic E-state index is 0.537. The molecule has 0 radical (unpaired) electrons. The van der Waals surface area contributed by atoms with Crippen molar-refractivity contribution in [3.8, 4) is 0 Å². The molecule has 0 nitrogen and oxygen atoms in total. The summed E-state index contributed by atoms with van der Waals surface area (Å²) in [5.41, 5.74) is 8.69. The lowest BCUT2D eigenvalue weighted by molar-refractivity contribution is 0.619. The van der Waals surface area contributed by atoms with Crippen molar-refractivity contribution in [2.45, 2.75) is 53.4 Å². The van der Waals surface area contributed by atoms with Crippen LogP contribution < -0.4 is 0 Å². The zero-order chi connectivity index (χ0) is 14.9. The number of hydrogen-bond donors (Lipinski definition) is 0. The highest BCUT2D eigenvalue weighted by molar-refractivity contribution is 5.46. The van der Waals surface area contributed by atoms with Crippen molar-refractivity contribution in [3.05, 3.63) is 69.8 Å². The Hall–Kier alpha value is -1.56. The molecule has 0 N–H and O–H groups in total. The van der Waals surface area contributed by atoms with Gasteiger partial charge in [0.05, 0.1) is 0 Å². The van der Waals surface area contributed by atoms with Crippen molar-refractivity contribution in [3.63, 3.8) is 0 Å². The van der Waals surface area contributed by atoms with Crippen LogP contribution in [0.25, 0.3) is 0 Å². The Labute approximate surface area is 123 Å². The van der Waals surface area contributed by atoms with Gasteiger partial charge in [0.15, 0.2) is 0 Å². The van der Waals surface area contributed by atoms with Gasteiger partial charge in [-0.05, 0) is 72.9 Å². The van der Waals surface area contributed by atoms with Crippen LogP contribution in [0.3, 0.4) is 0 Å². The lowest BCUT2D eigenvalue weighted by Crippen LogP contribution is -2.08. The topological polar surface area (TPSA) is 0 Å². The average Bonchev–Trinajstić information content (AvgIpc) is 2.48. The first-order chi connectivity index (χ1) is 9.43. The molecular weight excluding hydrogens is 240 g/mol. The van der Waals surface area contributed by atoms with E-state index in [4.69, 9.17) is 0 Å². The average molecular weight is 266 g/mol. The summed E-state index contributed by atoms with van der Waals surface area (Å²) in [6.45, 7) is 13.7. The lowest BCUT2D eigenvalue weighted by Gasteiger charge is -2.25. The van der Waals surface area contributed by atoms with Crippen molar-refractivity contribution < 1.29 is 0 Å². The summed E-state index contributed by atoms with van der Waals surface area (Å²) in [7, 11) is 0. The molecule has 2 unspecified atom stereocenters. The largest absolute Gasteiger partial charge is 0.0622 e. The number of hydrogen-bond acceptors (Lipinski definition) is 0. The minimum absolute atomic E-state index is 0.537. The first kappa shape index (κ1) is 14.8. The summed E-state index contributed by atoms with van der Waals surface area (Å²) in [5, 5.41) is 0. The quantitative estimate of drug-likeness (QED) is 0.656.